The summed E-state index contributed by atoms with van der Waals surface area (Å²) in [4.78, 5) is 22.7. The summed E-state index contributed by atoms with van der Waals surface area (Å²) >= 11 is 6.23. The van der Waals surface area contributed by atoms with Crippen LogP contribution in [0.3, 0.4) is 0 Å². The number of anilines is 1. The minimum absolute atomic E-state index is 0.113. The molecule has 7 nitrogen and oxygen atoms in total. The minimum atomic E-state index is -0.726. The first-order valence-electron chi connectivity index (χ1n) is 9.20. The molecule has 1 amide bonds. The number of nitriles is 1. The summed E-state index contributed by atoms with van der Waals surface area (Å²) in [6.45, 7) is 0.113. The van der Waals surface area contributed by atoms with E-state index in [9.17, 15) is 24.6 Å². The smallest absolute Gasteiger partial charge is 0.271 e. The lowest BCUT2D eigenvalue weighted by Crippen LogP contribution is -2.13. The Morgan fingerprint density at radius 1 is 1.19 bits per heavy atom. The number of halogens is 2. The molecule has 32 heavy (non-hydrogen) atoms. The topological polar surface area (TPSA) is 105 Å². The first-order valence-corrected chi connectivity index (χ1v) is 9.58. The second-order valence-electron chi connectivity index (χ2n) is 6.54. The number of nitrogens with zero attached hydrogens (tertiary/aromatic N) is 2. The molecule has 3 aromatic rings. The lowest BCUT2D eigenvalue weighted by atomic mass is 10.1. The van der Waals surface area contributed by atoms with Crippen molar-refractivity contribution in [2.24, 2.45) is 0 Å². The Bertz CT molecular complexity index is 1250. The van der Waals surface area contributed by atoms with Crippen molar-refractivity contribution < 1.29 is 18.8 Å². The van der Waals surface area contributed by atoms with Gasteiger partial charge in [-0.05, 0) is 47.5 Å². The zero-order valence-electron chi connectivity index (χ0n) is 16.4. The van der Waals surface area contributed by atoms with E-state index in [4.69, 9.17) is 16.3 Å². The van der Waals surface area contributed by atoms with E-state index in [-0.39, 0.29) is 34.4 Å². The molecule has 1 N–H and O–H groups in total. The van der Waals surface area contributed by atoms with Crippen LogP contribution in [0.1, 0.15) is 11.1 Å². The van der Waals surface area contributed by atoms with Gasteiger partial charge in [0.05, 0.1) is 9.95 Å². The second-order valence-corrected chi connectivity index (χ2v) is 6.95. The molecule has 0 aliphatic heterocycles. The van der Waals surface area contributed by atoms with Gasteiger partial charge in [-0.1, -0.05) is 35.9 Å². The number of nitro benzene ring substituents is 1. The number of nitrogens with one attached hydrogen (secondary N) is 1. The number of hydrogen-bond donors (Lipinski definition) is 1. The van der Waals surface area contributed by atoms with Crippen molar-refractivity contribution in [3.05, 3.63) is 104 Å². The van der Waals surface area contributed by atoms with E-state index in [1.54, 1.807) is 30.3 Å². The third-order valence-corrected chi connectivity index (χ3v) is 4.53. The van der Waals surface area contributed by atoms with Crippen LogP contribution in [0.25, 0.3) is 6.08 Å². The molecule has 0 atom stereocenters. The Labute approximate surface area is 187 Å². The number of rotatable bonds is 7. The number of ether oxygens (including phenoxy) is 1. The monoisotopic (exact) mass is 451 g/mol. The van der Waals surface area contributed by atoms with Crippen LogP contribution < -0.4 is 10.1 Å². The summed E-state index contributed by atoms with van der Waals surface area (Å²) in [5.74, 6) is -0.742. The Morgan fingerprint density at radius 2 is 1.97 bits per heavy atom. The van der Waals surface area contributed by atoms with Crippen LogP contribution in [0.2, 0.25) is 5.02 Å². The number of carbonyl (C=O) groups is 1. The van der Waals surface area contributed by atoms with E-state index < -0.39 is 10.8 Å². The molecule has 160 valence electrons. The molecular formula is C23H15ClFN3O4. The Balaban J connectivity index is 1.72. The van der Waals surface area contributed by atoms with Crippen molar-refractivity contribution in [1.82, 2.24) is 0 Å². The standard InChI is InChI=1S/C23H15ClFN3O4/c24-21-11-15(7-8-22(21)32-14-16-3-1-4-18(25)10-16)9-17(13-26)23(29)27-19-5-2-6-20(12-19)28(30)31/h1-12H,14H2,(H,27,29)/b17-9+. The average molecular weight is 452 g/mol. The summed E-state index contributed by atoms with van der Waals surface area (Å²) in [6.07, 6.45) is 1.33. The van der Waals surface area contributed by atoms with Crippen LogP contribution in [0.15, 0.2) is 72.3 Å². The number of carbonyl (C=O) groups excluding carboxylic acids is 1. The van der Waals surface area contributed by atoms with Gasteiger partial charge in [0.1, 0.15) is 29.8 Å². The van der Waals surface area contributed by atoms with Gasteiger partial charge in [0.2, 0.25) is 0 Å². The number of nitro groups is 1. The van der Waals surface area contributed by atoms with E-state index in [0.29, 0.717) is 16.9 Å². The number of amides is 1. The third-order valence-electron chi connectivity index (χ3n) is 4.23. The van der Waals surface area contributed by atoms with Crippen LogP contribution in [-0.2, 0) is 11.4 Å². The van der Waals surface area contributed by atoms with Crippen molar-refractivity contribution in [2.75, 3.05) is 5.32 Å². The van der Waals surface area contributed by atoms with Gasteiger partial charge in [-0.15, -0.1) is 0 Å². The van der Waals surface area contributed by atoms with Crippen molar-refractivity contribution in [1.29, 1.82) is 5.26 Å². The van der Waals surface area contributed by atoms with Gasteiger partial charge in [-0.25, -0.2) is 4.39 Å². The zero-order chi connectivity index (χ0) is 23.1. The van der Waals surface area contributed by atoms with Crippen LogP contribution in [-0.4, -0.2) is 10.8 Å². The van der Waals surface area contributed by atoms with Crippen molar-refractivity contribution in [2.45, 2.75) is 6.61 Å². The fraction of sp³-hybridized carbons (Fsp3) is 0.0435. The van der Waals surface area contributed by atoms with Gasteiger partial charge in [0, 0.05) is 17.8 Å². The Hall–Kier alpha value is -4.22. The maximum absolute atomic E-state index is 13.3. The van der Waals surface area contributed by atoms with Crippen LogP contribution in [0.5, 0.6) is 5.75 Å². The quantitative estimate of drug-likeness (QED) is 0.220. The predicted octanol–water partition coefficient (Wildman–Crippen LogP) is 5.51. The summed E-state index contributed by atoms with van der Waals surface area (Å²) in [7, 11) is 0. The molecule has 9 heteroatoms. The summed E-state index contributed by atoms with van der Waals surface area (Å²) in [5, 5.41) is 22.9. The molecule has 0 aliphatic carbocycles. The van der Waals surface area contributed by atoms with E-state index in [0.717, 1.165) is 0 Å². The van der Waals surface area contributed by atoms with Crippen molar-refractivity contribution >= 4 is 35.0 Å². The zero-order valence-corrected chi connectivity index (χ0v) is 17.2. The predicted molar refractivity (Wildman–Crippen MR) is 118 cm³/mol. The SMILES string of the molecule is N#C/C(=C\c1ccc(OCc2cccc(F)c2)c(Cl)c1)C(=O)Nc1cccc([N+](=O)[O-])c1. The highest BCUT2D eigenvalue weighted by Crippen LogP contribution is 2.27. The fourth-order valence-electron chi connectivity index (χ4n) is 2.72. The van der Waals surface area contributed by atoms with Crippen molar-refractivity contribution in [3.8, 4) is 11.8 Å². The number of hydrogen-bond acceptors (Lipinski definition) is 5. The summed E-state index contributed by atoms with van der Waals surface area (Å²) < 4.78 is 18.9. The summed E-state index contributed by atoms with van der Waals surface area (Å²) in [5.41, 5.74) is 0.879. The van der Waals surface area contributed by atoms with Gasteiger partial charge >= 0.3 is 0 Å². The van der Waals surface area contributed by atoms with E-state index in [1.807, 2.05) is 0 Å². The molecule has 0 saturated carbocycles. The van der Waals surface area contributed by atoms with Gasteiger partial charge in [-0.3, -0.25) is 14.9 Å². The van der Waals surface area contributed by atoms with Crippen LogP contribution in [0, 0.1) is 27.3 Å². The Morgan fingerprint density at radius 3 is 2.66 bits per heavy atom. The highest BCUT2D eigenvalue weighted by atomic mass is 35.5. The maximum atomic E-state index is 13.3. The van der Waals surface area contributed by atoms with Crippen LogP contribution >= 0.6 is 11.6 Å². The number of benzene rings is 3. The van der Waals surface area contributed by atoms with Gasteiger partial charge in [0.25, 0.3) is 11.6 Å². The van der Waals surface area contributed by atoms with E-state index >= 15 is 0 Å². The largest absolute Gasteiger partial charge is 0.487 e. The molecule has 3 aromatic carbocycles. The first kappa shape index (κ1) is 22.5. The molecule has 0 fully saturated rings. The van der Waals surface area contributed by atoms with Crippen molar-refractivity contribution in [3.63, 3.8) is 0 Å². The lowest BCUT2D eigenvalue weighted by Gasteiger charge is -2.09. The molecule has 3 rings (SSSR count). The Kier molecular flexibility index (Phi) is 7.16. The number of non-ortho nitro benzene ring substituents is 1. The molecule has 0 bridgehead atoms. The highest BCUT2D eigenvalue weighted by molar-refractivity contribution is 6.32. The molecule has 0 saturated heterocycles. The normalized spacial score (nSPS) is 10.8. The maximum Gasteiger partial charge on any atom is 0.271 e. The molecule has 0 radical (unpaired) electrons. The molecule has 0 spiro atoms. The summed E-state index contributed by atoms with van der Waals surface area (Å²) in [6, 6.07) is 17.8. The van der Waals surface area contributed by atoms with E-state index in [2.05, 4.69) is 5.32 Å². The molecule has 0 aliphatic rings. The first-order chi connectivity index (χ1) is 15.4. The van der Waals surface area contributed by atoms with Gasteiger partial charge < -0.3 is 10.1 Å². The second kappa shape index (κ2) is 10.2. The van der Waals surface area contributed by atoms with Crippen LogP contribution in [0.4, 0.5) is 15.8 Å². The van der Waals surface area contributed by atoms with Gasteiger partial charge in [-0.2, -0.15) is 5.26 Å². The molecular weight excluding hydrogens is 437 g/mol. The third kappa shape index (κ3) is 5.90. The average Bonchev–Trinajstić information content (AvgIpc) is 2.77. The fourth-order valence-corrected chi connectivity index (χ4v) is 2.97. The lowest BCUT2D eigenvalue weighted by molar-refractivity contribution is -0.384. The molecule has 0 unspecified atom stereocenters. The highest BCUT2D eigenvalue weighted by Gasteiger charge is 2.13. The van der Waals surface area contributed by atoms with Gasteiger partial charge in [0.15, 0.2) is 0 Å². The molecule has 0 heterocycles. The van der Waals surface area contributed by atoms with E-state index in [1.165, 1.54) is 48.5 Å². The molecule has 0 aromatic heterocycles. The minimum Gasteiger partial charge on any atom is -0.487 e.